The van der Waals surface area contributed by atoms with E-state index in [1.807, 2.05) is 6.92 Å². The molecule has 0 aliphatic carbocycles. The summed E-state index contributed by atoms with van der Waals surface area (Å²) in [5.41, 5.74) is 1.03. The zero-order chi connectivity index (χ0) is 24.1. The Hall–Kier alpha value is -3.55. The van der Waals surface area contributed by atoms with Crippen molar-refractivity contribution in [3.05, 3.63) is 54.1 Å². The van der Waals surface area contributed by atoms with Crippen molar-refractivity contribution in [2.24, 2.45) is 0 Å². The van der Waals surface area contributed by atoms with Gasteiger partial charge in [-0.15, -0.1) is 0 Å². The van der Waals surface area contributed by atoms with Crippen LogP contribution in [-0.4, -0.2) is 38.5 Å². The van der Waals surface area contributed by atoms with Gasteiger partial charge in [0.15, 0.2) is 0 Å². The quantitative estimate of drug-likeness (QED) is 0.233. The van der Waals surface area contributed by atoms with E-state index in [-0.39, 0.29) is 5.91 Å². The van der Waals surface area contributed by atoms with Crippen LogP contribution in [0.15, 0.2) is 48.5 Å². The van der Waals surface area contributed by atoms with E-state index >= 15 is 0 Å². The van der Waals surface area contributed by atoms with Crippen molar-refractivity contribution in [1.82, 2.24) is 0 Å². The van der Waals surface area contributed by atoms with Crippen molar-refractivity contribution in [3.8, 4) is 11.5 Å². The van der Waals surface area contributed by atoms with Crippen LogP contribution in [0, 0.1) is 0 Å². The Balaban J connectivity index is 1.88. The number of rotatable bonds is 11. The van der Waals surface area contributed by atoms with Crippen LogP contribution in [0.3, 0.4) is 0 Å². The molecule has 8 nitrogen and oxygen atoms in total. The molecule has 0 aliphatic rings. The first-order chi connectivity index (χ1) is 15.9. The van der Waals surface area contributed by atoms with Gasteiger partial charge in [0.2, 0.25) is 0 Å². The SMILES string of the molecule is CCCCCOC(=O)Oc1ccc(N(C)C(=O)c2ccc(OC(=O)OCCCC)cc2)cc1. The van der Waals surface area contributed by atoms with Crippen LogP contribution in [0.4, 0.5) is 15.3 Å². The summed E-state index contributed by atoms with van der Waals surface area (Å²) in [6.07, 6.45) is 2.99. The molecule has 0 unspecified atom stereocenters. The Morgan fingerprint density at radius 1 is 0.697 bits per heavy atom. The molecule has 2 aromatic rings. The number of ether oxygens (including phenoxy) is 4. The summed E-state index contributed by atoms with van der Waals surface area (Å²) >= 11 is 0. The zero-order valence-corrected chi connectivity index (χ0v) is 19.4. The smallest absolute Gasteiger partial charge is 0.434 e. The number of hydrogen-bond acceptors (Lipinski definition) is 7. The maximum absolute atomic E-state index is 12.8. The normalized spacial score (nSPS) is 10.3. The van der Waals surface area contributed by atoms with Crippen molar-refractivity contribution >= 4 is 23.9 Å². The molecule has 0 aromatic heterocycles. The second kappa shape index (κ2) is 13.8. The summed E-state index contributed by atoms with van der Waals surface area (Å²) in [6.45, 7) is 4.70. The van der Waals surface area contributed by atoms with Gasteiger partial charge in [-0.05, 0) is 61.4 Å². The molecule has 1 amide bonds. The van der Waals surface area contributed by atoms with E-state index in [9.17, 15) is 14.4 Å². The van der Waals surface area contributed by atoms with Gasteiger partial charge in [-0.1, -0.05) is 33.1 Å². The standard InChI is InChI=1S/C25H31NO7/c1-4-6-8-18-31-25(29)33-22-15-11-20(12-16-22)26(3)23(27)19-9-13-21(14-10-19)32-24(28)30-17-7-5-2/h9-16H,4-8,17-18H2,1-3H3. The maximum atomic E-state index is 12.8. The van der Waals surface area contributed by atoms with Crippen LogP contribution >= 0.6 is 0 Å². The largest absolute Gasteiger partial charge is 0.513 e. The van der Waals surface area contributed by atoms with Crippen LogP contribution < -0.4 is 14.4 Å². The molecule has 178 valence electrons. The summed E-state index contributed by atoms with van der Waals surface area (Å²) in [7, 11) is 1.63. The van der Waals surface area contributed by atoms with Gasteiger partial charge in [-0.2, -0.15) is 0 Å². The summed E-state index contributed by atoms with van der Waals surface area (Å²) in [6, 6.07) is 12.7. The van der Waals surface area contributed by atoms with Crippen LogP contribution in [-0.2, 0) is 9.47 Å². The van der Waals surface area contributed by atoms with E-state index in [0.29, 0.717) is 36.0 Å². The first-order valence-electron chi connectivity index (χ1n) is 11.1. The van der Waals surface area contributed by atoms with Gasteiger partial charge in [0.25, 0.3) is 5.91 Å². The maximum Gasteiger partial charge on any atom is 0.513 e. The highest BCUT2D eigenvalue weighted by molar-refractivity contribution is 6.05. The summed E-state index contributed by atoms with van der Waals surface area (Å²) < 4.78 is 20.2. The van der Waals surface area contributed by atoms with Crippen LogP contribution in [0.2, 0.25) is 0 Å². The van der Waals surface area contributed by atoms with Gasteiger partial charge >= 0.3 is 12.3 Å². The lowest BCUT2D eigenvalue weighted by Gasteiger charge is -2.18. The number of hydrogen-bond donors (Lipinski definition) is 0. The molecular formula is C25H31NO7. The fourth-order valence-electron chi connectivity index (χ4n) is 2.77. The number of amides is 1. The van der Waals surface area contributed by atoms with Crippen molar-refractivity contribution < 1.29 is 33.3 Å². The lowest BCUT2D eigenvalue weighted by Crippen LogP contribution is -2.26. The van der Waals surface area contributed by atoms with Crippen molar-refractivity contribution in [2.75, 3.05) is 25.2 Å². The number of benzene rings is 2. The first kappa shape index (κ1) is 25.7. The predicted molar refractivity (Wildman–Crippen MR) is 124 cm³/mol. The van der Waals surface area contributed by atoms with Gasteiger partial charge < -0.3 is 23.8 Å². The third-order valence-electron chi connectivity index (χ3n) is 4.72. The minimum absolute atomic E-state index is 0.254. The average molecular weight is 458 g/mol. The molecule has 0 atom stereocenters. The summed E-state index contributed by atoms with van der Waals surface area (Å²) in [4.78, 5) is 37.5. The monoisotopic (exact) mass is 457 g/mol. The van der Waals surface area contributed by atoms with Gasteiger partial charge in [0.05, 0.1) is 13.2 Å². The Labute approximate surface area is 194 Å². The molecule has 2 rings (SSSR count). The Morgan fingerprint density at radius 3 is 1.70 bits per heavy atom. The van der Waals surface area contributed by atoms with E-state index in [2.05, 4.69) is 6.92 Å². The number of unbranched alkanes of at least 4 members (excludes halogenated alkanes) is 3. The highest BCUT2D eigenvalue weighted by Gasteiger charge is 2.15. The molecule has 0 bridgehead atoms. The summed E-state index contributed by atoms with van der Waals surface area (Å²) in [5, 5.41) is 0. The molecule has 0 aliphatic heterocycles. The number of carbonyl (C=O) groups is 3. The zero-order valence-electron chi connectivity index (χ0n) is 19.4. The minimum Gasteiger partial charge on any atom is -0.434 e. The van der Waals surface area contributed by atoms with Gasteiger partial charge in [0, 0.05) is 18.3 Å². The molecule has 0 spiro atoms. The molecule has 8 heteroatoms. The first-order valence-corrected chi connectivity index (χ1v) is 11.1. The molecule has 0 heterocycles. The molecule has 2 aromatic carbocycles. The molecule has 0 saturated heterocycles. The van der Waals surface area contributed by atoms with Gasteiger partial charge in [-0.3, -0.25) is 4.79 Å². The second-order valence-corrected chi connectivity index (χ2v) is 7.34. The minimum atomic E-state index is -0.771. The third kappa shape index (κ3) is 8.84. The van der Waals surface area contributed by atoms with Crippen LogP contribution in [0.5, 0.6) is 11.5 Å². The Kier molecular flexibility index (Phi) is 10.7. The average Bonchev–Trinajstić information content (AvgIpc) is 2.82. The van der Waals surface area contributed by atoms with E-state index in [0.717, 1.165) is 32.1 Å². The number of carbonyl (C=O) groups excluding carboxylic acids is 3. The molecule has 0 fully saturated rings. The van der Waals surface area contributed by atoms with Crippen LogP contribution in [0.1, 0.15) is 56.3 Å². The molecule has 0 radical (unpaired) electrons. The van der Waals surface area contributed by atoms with Crippen LogP contribution in [0.25, 0.3) is 0 Å². The van der Waals surface area contributed by atoms with Gasteiger partial charge in [-0.25, -0.2) is 9.59 Å². The fraction of sp³-hybridized carbons (Fsp3) is 0.400. The second-order valence-electron chi connectivity index (χ2n) is 7.34. The fourth-order valence-corrected chi connectivity index (χ4v) is 2.77. The highest BCUT2D eigenvalue weighted by atomic mass is 16.7. The predicted octanol–water partition coefficient (Wildman–Crippen LogP) is 5.98. The van der Waals surface area contributed by atoms with Crippen molar-refractivity contribution in [3.63, 3.8) is 0 Å². The van der Waals surface area contributed by atoms with Crippen molar-refractivity contribution in [1.29, 1.82) is 0 Å². The third-order valence-corrected chi connectivity index (χ3v) is 4.72. The van der Waals surface area contributed by atoms with E-state index in [1.54, 1.807) is 43.4 Å². The van der Waals surface area contributed by atoms with Gasteiger partial charge in [0.1, 0.15) is 11.5 Å². The molecule has 0 N–H and O–H groups in total. The Morgan fingerprint density at radius 2 is 1.18 bits per heavy atom. The molecule has 33 heavy (non-hydrogen) atoms. The van der Waals surface area contributed by atoms with E-state index in [4.69, 9.17) is 18.9 Å². The number of anilines is 1. The molecular weight excluding hydrogens is 426 g/mol. The number of nitrogens with zero attached hydrogens (tertiary/aromatic N) is 1. The highest BCUT2D eigenvalue weighted by Crippen LogP contribution is 2.21. The topological polar surface area (TPSA) is 91.4 Å². The lowest BCUT2D eigenvalue weighted by atomic mass is 10.2. The van der Waals surface area contributed by atoms with E-state index in [1.165, 1.54) is 17.0 Å². The summed E-state index contributed by atoms with van der Waals surface area (Å²) in [5.74, 6) is 0.363. The van der Waals surface area contributed by atoms with Crippen molar-refractivity contribution in [2.45, 2.75) is 46.0 Å². The lowest BCUT2D eigenvalue weighted by molar-refractivity contribution is 0.0963. The molecule has 0 saturated carbocycles. The Bertz CT molecular complexity index is 894. The van der Waals surface area contributed by atoms with E-state index < -0.39 is 12.3 Å².